The number of rotatable bonds is 13. The van der Waals surface area contributed by atoms with Crippen molar-refractivity contribution >= 4 is 52.5 Å². The quantitative estimate of drug-likeness (QED) is 0.0757. The van der Waals surface area contributed by atoms with Crippen LogP contribution in [0.4, 0.5) is 19.0 Å². The second kappa shape index (κ2) is 19.5. The molecule has 284 valence electrons. The standard InChI is InChI=1S/C35H35ClN6O3S2.C2HF3O2/c1-22(2)17-30(39)35(43)45-16-15-44-27-11-7-23(8-12-27)31-28(18-37)32(42-13-3-4-14-42)41-34(29(31)19-38)47-21-26-20-46-33(40-26)24-5-9-25(36)10-6-24;3-2(4,5)1(6)7/h5-12,20,22,30H,3-4,13-17,21,39H2,1-2H3;(H,6,7)/t30-;/m0./s1. The third kappa shape index (κ3) is 11.6. The van der Waals surface area contributed by atoms with Crippen LogP contribution in [0.2, 0.25) is 5.02 Å². The van der Waals surface area contributed by atoms with Crippen LogP contribution >= 0.6 is 34.7 Å². The van der Waals surface area contributed by atoms with Crippen LogP contribution in [0, 0.1) is 28.6 Å². The normalized spacial score (nSPS) is 13.0. The third-order valence-electron chi connectivity index (χ3n) is 7.78. The highest BCUT2D eigenvalue weighted by atomic mass is 35.5. The number of halogens is 4. The van der Waals surface area contributed by atoms with Crippen molar-refractivity contribution in [2.75, 3.05) is 31.2 Å². The Balaban J connectivity index is 0.000000845. The topological polar surface area (TPSA) is 175 Å². The zero-order valence-corrected chi connectivity index (χ0v) is 31.6. The molecule has 1 fully saturated rings. The molecule has 0 radical (unpaired) electrons. The minimum absolute atomic E-state index is 0.0772. The predicted octanol–water partition coefficient (Wildman–Crippen LogP) is 8.09. The Morgan fingerprint density at radius 3 is 2.20 bits per heavy atom. The number of aromatic nitrogens is 2. The van der Waals surface area contributed by atoms with Crippen molar-refractivity contribution in [3.05, 3.63) is 75.8 Å². The van der Waals surface area contributed by atoms with Crippen LogP contribution in [0.3, 0.4) is 0 Å². The maximum atomic E-state index is 12.1. The lowest BCUT2D eigenvalue weighted by Crippen LogP contribution is -2.34. The maximum Gasteiger partial charge on any atom is 0.490 e. The van der Waals surface area contributed by atoms with Gasteiger partial charge in [-0.15, -0.1) is 11.3 Å². The summed E-state index contributed by atoms with van der Waals surface area (Å²) >= 11 is 9.04. The van der Waals surface area contributed by atoms with Gasteiger partial charge in [-0.05, 0) is 55.0 Å². The number of anilines is 1. The van der Waals surface area contributed by atoms with Gasteiger partial charge in [-0.3, -0.25) is 4.79 Å². The Morgan fingerprint density at radius 2 is 1.63 bits per heavy atom. The second-order valence-corrected chi connectivity index (χ2v) is 14.6. The van der Waals surface area contributed by atoms with E-state index in [9.17, 15) is 28.5 Å². The third-order valence-corrected chi connectivity index (χ3v) is 9.98. The molecule has 0 unspecified atom stereocenters. The number of hydrogen-bond acceptors (Lipinski definition) is 12. The number of thioether (sulfide) groups is 1. The molecule has 3 heterocycles. The number of esters is 1. The van der Waals surface area contributed by atoms with E-state index >= 15 is 0 Å². The van der Waals surface area contributed by atoms with E-state index < -0.39 is 24.2 Å². The van der Waals surface area contributed by atoms with Crippen molar-refractivity contribution in [3.63, 3.8) is 0 Å². The summed E-state index contributed by atoms with van der Waals surface area (Å²) in [6.07, 6.45) is -2.50. The summed E-state index contributed by atoms with van der Waals surface area (Å²) in [7, 11) is 0. The van der Waals surface area contributed by atoms with Gasteiger partial charge in [-0.2, -0.15) is 23.7 Å². The van der Waals surface area contributed by atoms with E-state index in [2.05, 4.69) is 17.0 Å². The fourth-order valence-electron chi connectivity index (χ4n) is 5.28. The van der Waals surface area contributed by atoms with Crippen molar-refractivity contribution in [2.45, 2.75) is 56.1 Å². The number of thiazole rings is 1. The number of carbonyl (C=O) groups is 2. The van der Waals surface area contributed by atoms with Crippen LogP contribution < -0.4 is 15.4 Å². The molecule has 0 amide bonds. The van der Waals surface area contributed by atoms with Gasteiger partial charge in [-0.1, -0.05) is 61.5 Å². The number of pyridine rings is 1. The van der Waals surface area contributed by atoms with Crippen LogP contribution in [-0.4, -0.2) is 65.5 Å². The summed E-state index contributed by atoms with van der Waals surface area (Å²) < 4.78 is 42.8. The number of carbonyl (C=O) groups excluding carboxylic acids is 1. The van der Waals surface area contributed by atoms with E-state index in [4.69, 9.17) is 46.7 Å². The van der Waals surface area contributed by atoms with E-state index in [0.29, 0.717) is 62.0 Å². The molecule has 5 rings (SSSR count). The molecule has 2 aromatic carbocycles. The number of benzene rings is 2. The van der Waals surface area contributed by atoms with Crippen molar-refractivity contribution in [2.24, 2.45) is 11.7 Å². The first-order chi connectivity index (χ1) is 25.7. The molecule has 1 aliphatic heterocycles. The van der Waals surface area contributed by atoms with Gasteiger partial charge in [0.25, 0.3) is 0 Å². The number of nitrogens with zero attached hydrogens (tertiary/aromatic N) is 5. The van der Waals surface area contributed by atoms with Crippen molar-refractivity contribution in [1.82, 2.24) is 9.97 Å². The Morgan fingerprint density at radius 1 is 1.02 bits per heavy atom. The number of aliphatic carboxylic acids is 1. The number of nitrogens with two attached hydrogens (primary N) is 1. The summed E-state index contributed by atoms with van der Waals surface area (Å²) in [6.45, 7) is 5.84. The molecule has 3 N–H and O–H groups in total. The Bertz CT molecular complexity index is 1990. The maximum absolute atomic E-state index is 12.1. The zero-order valence-electron chi connectivity index (χ0n) is 29.2. The highest BCUT2D eigenvalue weighted by Gasteiger charge is 2.38. The number of carboxylic acids is 1. The molecule has 0 saturated carbocycles. The SMILES string of the molecule is CC(C)C[C@H](N)C(=O)OCCOc1ccc(-c2c(C#N)c(SCc3csc(-c4ccc(Cl)cc4)n3)nc(N3CCCC3)c2C#N)cc1.O=C(O)C(F)(F)F. The molecule has 0 aliphatic carbocycles. The van der Waals surface area contributed by atoms with E-state index in [0.717, 1.165) is 42.2 Å². The molecule has 1 aliphatic rings. The van der Waals surface area contributed by atoms with E-state index in [1.807, 2.05) is 55.6 Å². The molecule has 54 heavy (non-hydrogen) atoms. The lowest BCUT2D eigenvalue weighted by atomic mass is 9.96. The molecule has 1 saturated heterocycles. The zero-order chi connectivity index (χ0) is 39.4. The Labute approximate surface area is 323 Å². The molecule has 4 aromatic rings. The molecule has 1 atom stereocenters. The summed E-state index contributed by atoms with van der Waals surface area (Å²) in [5.41, 5.74) is 9.74. The lowest BCUT2D eigenvalue weighted by molar-refractivity contribution is -0.192. The highest BCUT2D eigenvalue weighted by molar-refractivity contribution is 7.98. The van der Waals surface area contributed by atoms with Crippen LogP contribution in [0.5, 0.6) is 5.75 Å². The van der Waals surface area contributed by atoms with E-state index in [1.165, 1.54) is 11.8 Å². The number of nitriles is 2. The number of hydrogen-bond donors (Lipinski definition) is 2. The fraction of sp³-hybridized carbons (Fsp3) is 0.351. The van der Waals surface area contributed by atoms with E-state index in [1.54, 1.807) is 23.5 Å². The van der Waals surface area contributed by atoms with Crippen molar-refractivity contribution < 1.29 is 37.3 Å². The minimum atomic E-state index is -5.08. The largest absolute Gasteiger partial charge is 0.490 e. The molecule has 17 heteroatoms. The first kappa shape index (κ1) is 41.9. The van der Waals surface area contributed by atoms with Crippen LogP contribution in [0.15, 0.2) is 58.9 Å². The Hall–Kier alpha value is -4.87. The van der Waals surface area contributed by atoms with Gasteiger partial charge in [0, 0.05) is 40.4 Å². The first-order valence-corrected chi connectivity index (χ1v) is 18.9. The average molecular weight is 801 g/mol. The van der Waals surface area contributed by atoms with Gasteiger partial charge < -0.3 is 25.2 Å². The number of ether oxygens (including phenoxy) is 2. The fourth-order valence-corrected chi connectivity index (χ4v) is 7.22. The van der Waals surface area contributed by atoms with Crippen molar-refractivity contribution in [1.29, 1.82) is 10.5 Å². The molecule has 11 nitrogen and oxygen atoms in total. The monoisotopic (exact) mass is 800 g/mol. The van der Waals surface area contributed by atoms with Crippen LogP contribution in [0.1, 0.15) is 49.9 Å². The molecule has 0 spiro atoms. The van der Waals surface area contributed by atoms with E-state index in [-0.39, 0.29) is 13.2 Å². The van der Waals surface area contributed by atoms with Gasteiger partial charge in [0.1, 0.15) is 58.6 Å². The van der Waals surface area contributed by atoms with Crippen LogP contribution in [0.25, 0.3) is 21.7 Å². The summed E-state index contributed by atoms with van der Waals surface area (Å²) in [6, 6.07) is 18.8. The first-order valence-electron chi connectivity index (χ1n) is 16.6. The van der Waals surface area contributed by atoms with Gasteiger partial charge >= 0.3 is 18.1 Å². The molecule has 2 aromatic heterocycles. The Kier molecular flexibility index (Phi) is 15.1. The molecular weight excluding hydrogens is 765 g/mol. The smallest absolute Gasteiger partial charge is 0.490 e. The number of alkyl halides is 3. The average Bonchev–Trinajstić information content (AvgIpc) is 3.85. The minimum Gasteiger partial charge on any atom is -0.490 e. The predicted molar refractivity (Wildman–Crippen MR) is 200 cm³/mol. The summed E-state index contributed by atoms with van der Waals surface area (Å²) in [5, 5.41) is 32.0. The van der Waals surface area contributed by atoms with Gasteiger partial charge in [-0.25, -0.2) is 14.8 Å². The molecule has 0 bridgehead atoms. The summed E-state index contributed by atoms with van der Waals surface area (Å²) in [5.74, 6) is -1.23. The summed E-state index contributed by atoms with van der Waals surface area (Å²) in [4.78, 5) is 32.8. The van der Waals surface area contributed by atoms with Crippen LogP contribution in [-0.2, 0) is 20.1 Å². The molecular formula is C37H36ClF3N6O5S2. The second-order valence-electron chi connectivity index (χ2n) is 12.3. The van der Waals surface area contributed by atoms with Gasteiger partial charge in [0.15, 0.2) is 0 Å². The van der Waals surface area contributed by atoms with Crippen molar-refractivity contribution in [3.8, 4) is 39.6 Å². The van der Waals surface area contributed by atoms with Gasteiger partial charge in [0.05, 0.1) is 11.3 Å². The lowest BCUT2D eigenvalue weighted by Gasteiger charge is -2.22. The highest BCUT2D eigenvalue weighted by Crippen LogP contribution is 2.40. The number of carboxylic acid groups (broad SMARTS) is 1. The van der Waals surface area contributed by atoms with Gasteiger partial charge in [0.2, 0.25) is 0 Å².